The van der Waals surface area contributed by atoms with Gasteiger partial charge in [-0.05, 0) is 42.8 Å². The number of nitrogens with zero attached hydrogens (tertiary/aromatic N) is 4. The molecule has 0 radical (unpaired) electrons. The summed E-state index contributed by atoms with van der Waals surface area (Å²) in [5, 5.41) is 14.5. The van der Waals surface area contributed by atoms with Crippen LogP contribution in [0.15, 0.2) is 48.8 Å². The van der Waals surface area contributed by atoms with Crippen LogP contribution in [-0.2, 0) is 6.54 Å². The summed E-state index contributed by atoms with van der Waals surface area (Å²) in [5.74, 6) is 1.39. The molecule has 4 rings (SSSR count). The summed E-state index contributed by atoms with van der Waals surface area (Å²) in [5.41, 5.74) is 9.83. The van der Waals surface area contributed by atoms with Gasteiger partial charge in [-0.3, -0.25) is 4.98 Å². The predicted octanol–water partition coefficient (Wildman–Crippen LogP) is 2.49. The molecule has 6 nitrogen and oxygen atoms in total. The average Bonchev–Trinajstić information content (AvgIpc) is 3.21. The molecular weight excluding hydrogens is 314 g/mol. The highest BCUT2D eigenvalue weighted by molar-refractivity contribution is 5.90. The van der Waals surface area contributed by atoms with E-state index in [0.717, 1.165) is 54.3 Å². The fourth-order valence-corrected chi connectivity index (χ4v) is 3.36. The van der Waals surface area contributed by atoms with E-state index < -0.39 is 0 Å². The quantitative estimate of drug-likeness (QED) is 0.749. The Hall–Kier alpha value is -2.86. The lowest BCUT2D eigenvalue weighted by atomic mass is 10.0. The second-order valence-corrected chi connectivity index (χ2v) is 6.18. The van der Waals surface area contributed by atoms with Crippen molar-refractivity contribution in [3.63, 3.8) is 0 Å². The Morgan fingerprint density at radius 1 is 1.00 bits per heavy atom. The van der Waals surface area contributed by atoms with Gasteiger partial charge in [0.25, 0.3) is 0 Å². The Balaban J connectivity index is 1.87. The van der Waals surface area contributed by atoms with E-state index in [-0.39, 0.29) is 5.75 Å². The number of phenolic OH excluding ortho intramolecular Hbond substituents is 1. The molecule has 3 aromatic rings. The van der Waals surface area contributed by atoms with E-state index in [1.165, 1.54) is 0 Å². The molecule has 128 valence electrons. The molecule has 0 saturated carbocycles. The van der Waals surface area contributed by atoms with Crippen LogP contribution in [0.4, 0.5) is 5.82 Å². The van der Waals surface area contributed by atoms with Crippen molar-refractivity contribution in [3.05, 3.63) is 48.8 Å². The lowest BCUT2D eigenvalue weighted by molar-refractivity contribution is 0.475. The number of hydrogen-bond acceptors (Lipinski definition) is 5. The molecule has 25 heavy (non-hydrogen) atoms. The minimum Gasteiger partial charge on any atom is -0.508 e. The third-order valence-electron chi connectivity index (χ3n) is 4.55. The van der Waals surface area contributed by atoms with Crippen LogP contribution in [0.1, 0.15) is 6.42 Å². The van der Waals surface area contributed by atoms with Crippen molar-refractivity contribution in [2.24, 2.45) is 5.73 Å². The minimum atomic E-state index is 0.262. The van der Waals surface area contributed by atoms with E-state index in [2.05, 4.69) is 14.6 Å². The van der Waals surface area contributed by atoms with Gasteiger partial charge in [0.2, 0.25) is 0 Å². The first kappa shape index (κ1) is 15.7. The standard InChI is InChI=1S/C19H21N5O/c20-8-1-11-23-12-13-24-19(23)17(14-2-4-16(25)5-3-14)18(22-24)15-6-9-21-10-7-15/h2-7,9-10,25H,1,8,11-13,20H2. The van der Waals surface area contributed by atoms with E-state index in [1.807, 2.05) is 24.3 Å². The molecule has 0 amide bonds. The topological polar surface area (TPSA) is 80.2 Å². The number of anilines is 1. The van der Waals surface area contributed by atoms with Crippen LogP contribution in [-0.4, -0.2) is 39.5 Å². The molecule has 0 aliphatic carbocycles. The number of rotatable bonds is 5. The van der Waals surface area contributed by atoms with Crippen LogP contribution in [0.5, 0.6) is 5.75 Å². The SMILES string of the molecule is NCCCN1CCn2nc(-c3ccncc3)c(-c3ccc(O)cc3)c21. The molecule has 0 unspecified atom stereocenters. The van der Waals surface area contributed by atoms with E-state index in [4.69, 9.17) is 10.8 Å². The monoisotopic (exact) mass is 335 g/mol. The van der Waals surface area contributed by atoms with Crippen molar-refractivity contribution in [2.75, 3.05) is 24.5 Å². The van der Waals surface area contributed by atoms with Crippen LogP contribution >= 0.6 is 0 Å². The van der Waals surface area contributed by atoms with Crippen molar-refractivity contribution in [2.45, 2.75) is 13.0 Å². The summed E-state index contributed by atoms with van der Waals surface area (Å²) in [6.45, 7) is 3.42. The molecule has 0 saturated heterocycles. The van der Waals surface area contributed by atoms with E-state index in [9.17, 15) is 5.11 Å². The van der Waals surface area contributed by atoms with Gasteiger partial charge in [0, 0.05) is 31.0 Å². The molecule has 3 N–H and O–H groups in total. The van der Waals surface area contributed by atoms with Gasteiger partial charge in [-0.2, -0.15) is 5.10 Å². The number of nitrogens with two attached hydrogens (primary N) is 1. The molecule has 1 aliphatic rings. The number of pyridine rings is 1. The Labute approximate surface area is 146 Å². The highest BCUT2D eigenvalue weighted by Crippen LogP contribution is 2.41. The maximum Gasteiger partial charge on any atom is 0.135 e. The first-order chi connectivity index (χ1) is 12.3. The molecule has 6 heteroatoms. The zero-order chi connectivity index (χ0) is 17.2. The molecule has 2 aromatic heterocycles. The van der Waals surface area contributed by atoms with Crippen LogP contribution in [0, 0.1) is 0 Å². The minimum absolute atomic E-state index is 0.262. The molecule has 1 aliphatic heterocycles. The van der Waals surface area contributed by atoms with E-state index in [0.29, 0.717) is 6.54 Å². The third-order valence-corrected chi connectivity index (χ3v) is 4.55. The number of fused-ring (bicyclic) bond motifs is 1. The Morgan fingerprint density at radius 2 is 1.76 bits per heavy atom. The van der Waals surface area contributed by atoms with Crippen LogP contribution in [0.3, 0.4) is 0 Å². The van der Waals surface area contributed by atoms with Crippen LogP contribution in [0.25, 0.3) is 22.4 Å². The number of aromatic hydroxyl groups is 1. The molecule has 0 atom stereocenters. The molecular formula is C19H21N5O. The van der Waals surface area contributed by atoms with Gasteiger partial charge in [0.1, 0.15) is 17.3 Å². The Kier molecular flexibility index (Phi) is 4.11. The van der Waals surface area contributed by atoms with Gasteiger partial charge in [-0.25, -0.2) is 4.68 Å². The maximum absolute atomic E-state index is 9.65. The second kappa shape index (κ2) is 6.57. The van der Waals surface area contributed by atoms with Gasteiger partial charge in [-0.1, -0.05) is 12.1 Å². The first-order valence-corrected chi connectivity index (χ1v) is 8.53. The fraction of sp³-hybridized carbons (Fsp3) is 0.263. The summed E-state index contributed by atoms with van der Waals surface area (Å²) < 4.78 is 2.08. The number of phenols is 1. The van der Waals surface area contributed by atoms with E-state index in [1.54, 1.807) is 24.5 Å². The highest BCUT2D eigenvalue weighted by atomic mass is 16.3. The summed E-state index contributed by atoms with van der Waals surface area (Å²) in [7, 11) is 0. The third kappa shape index (κ3) is 2.85. The number of hydrogen-bond donors (Lipinski definition) is 2. The Morgan fingerprint density at radius 3 is 2.48 bits per heavy atom. The average molecular weight is 335 g/mol. The maximum atomic E-state index is 9.65. The summed E-state index contributed by atoms with van der Waals surface area (Å²) in [6, 6.07) is 11.3. The molecule has 0 fully saturated rings. The predicted molar refractivity (Wildman–Crippen MR) is 98.4 cm³/mol. The zero-order valence-corrected chi connectivity index (χ0v) is 14.0. The molecule has 0 spiro atoms. The van der Waals surface area contributed by atoms with Gasteiger partial charge >= 0.3 is 0 Å². The largest absolute Gasteiger partial charge is 0.508 e. The van der Waals surface area contributed by atoms with Gasteiger partial charge in [-0.15, -0.1) is 0 Å². The lowest BCUT2D eigenvalue weighted by Gasteiger charge is -2.19. The number of aromatic nitrogens is 3. The van der Waals surface area contributed by atoms with Gasteiger partial charge in [0.05, 0.1) is 12.1 Å². The van der Waals surface area contributed by atoms with Crippen LogP contribution in [0.2, 0.25) is 0 Å². The van der Waals surface area contributed by atoms with Crippen molar-refractivity contribution in [1.82, 2.24) is 14.8 Å². The molecule has 3 heterocycles. The fourth-order valence-electron chi connectivity index (χ4n) is 3.36. The smallest absolute Gasteiger partial charge is 0.135 e. The van der Waals surface area contributed by atoms with Crippen molar-refractivity contribution < 1.29 is 5.11 Å². The normalized spacial score (nSPS) is 13.2. The van der Waals surface area contributed by atoms with E-state index >= 15 is 0 Å². The summed E-state index contributed by atoms with van der Waals surface area (Å²) >= 11 is 0. The van der Waals surface area contributed by atoms with Crippen molar-refractivity contribution in [1.29, 1.82) is 0 Å². The molecule has 1 aromatic carbocycles. The zero-order valence-electron chi connectivity index (χ0n) is 14.0. The van der Waals surface area contributed by atoms with Crippen molar-refractivity contribution in [3.8, 4) is 28.1 Å². The number of benzene rings is 1. The first-order valence-electron chi connectivity index (χ1n) is 8.53. The van der Waals surface area contributed by atoms with Crippen LogP contribution < -0.4 is 10.6 Å². The van der Waals surface area contributed by atoms with Gasteiger partial charge < -0.3 is 15.7 Å². The lowest BCUT2D eigenvalue weighted by Crippen LogP contribution is -2.24. The van der Waals surface area contributed by atoms with Gasteiger partial charge in [0.15, 0.2) is 0 Å². The summed E-state index contributed by atoms with van der Waals surface area (Å²) in [6.07, 6.45) is 4.52. The summed E-state index contributed by atoms with van der Waals surface area (Å²) in [4.78, 5) is 6.47. The molecule has 0 bridgehead atoms. The van der Waals surface area contributed by atoms with Crippen molar-refractivity contribution >= 4 is 5.82 Å². The Bertz CT molecular complexity index is 858. The second-order valence-electron chi connectivity index (χ2n) is 6.18. The highest BCUT2D eigenvalue weighted by Gasteiger charge is 2.28.